The number of carbonyl (C=O) groups excluding carboxylic acids is 1. The summed E-state index contributed by atoms with van der Waals surface area (Å²) in [5.41, 5.74) is 0. The first-order chi connectivity index (χ1) is 7.24. The fourth-order valence-corrected chi connectivity index (χ4v) is 1.90. The standard InChI is InChI=1S/C11H19ClN2O/c1-10-5-4-8-14(9-10)11(15)13-7-3-2-6-12/h2-3,10H,4-9H2,1H3,(H,13,15)/b3-2+. The van der Waals surface area contributed by atoms with Gasteiger partial charge in [0, 0.05) is 25.5 Å². The Labute approximate surface area is 96.5 Å². The van der Waals surface area contributed by atoms with Gasteiger partial charge in [-0.3, -0.25) is 0 Å². The highest BCUT2D eigenvalue weighted by Gasteiger charge is 2.19. The molecule has 1 aliphatic heterocycles. The summed E-state index contributed by atoms with van der Waals surface area (Å²) < 4.78 is 0. The number of piperidine rings is 1. The summed E-state index contributed by atoms with van der Waals surface area (Å²) in [6, 6.07) is 0.0424. The SMILES string of the molecule is CC1CCCN(C(=O)NC/C=C/CCl)C1. The van der Waals surface area contributed by atoms with Gasteiger partial charge in [-0.25, -0.2) is 4.79 Å². The van der Waals surface area contributed by atoms with E-state index in [1.54, 1.807) is 0 Å². The zero-order valence-electron chi connectivity index (χ0n) is 9.21. The molecule has 0 saturated carbocycles. The van der Waals surface area contributed by atoms with Crippen LogP contribution in [0.25, 0.3) is 0 Å². The van der Waals surface area contributed by atoms with Gasteiger partial charge < -0.3 is 10.2 Å². The number of carbonyl (C=O) groups is 1. The van der Waals surface area contributed by atoms with Gasteiger partial charge in [0.15, 0.2) is 0 Å². The molecule has 1 fully saturated rings. The van der Waals surface area contributed by atoms with E-state index in [4.69, 9.17) is 11.6 Å². The Bertz CT molecular complexity index is 231. The molecule has 2 amide bonds. The van der Waals surface area contributed by atoms with Gasteiger partial charge in [0.2, 0.25) is 0 Å². The summed E-state index contributed by atoms with van der Waals surface area (Å²) in [4.78, 5) is 13.5. The summed E-state index contributed by atoms with van der Waals surface area (Å²) >= 11 is 5.47. The van der Waals surface area contributed by atoms with Crippen molar-refractivity contribution < 1.29 is 4.79 Å². The minimum atomic E-state index is 0.0424. The third-order valence-corrected chi connectivity index (χ3v) is 2.75. The molecule has 0 aliphatic carbocycles. The predicted molar refractivity (Wildman–Crippen MR) is 63.2 cm³/mol. The monoisotopic (exact) mass is 230 g/mol. The number of urea groups is 1. The van der Waals surface area contributed by atoms with Crippen LogP contribution in [0.3, 0.4) is 0 Å². The number of rotatable bonds is 3. The maximum absolute atomic E-state index is 11.7. The van der Waals surface area contributed by atoms with E-state index in [2.05, 4.69) is 12.2 Å². The van der Waals surface area contributed by atoms with Crippen molar-refractivity contribution in [2.45, 2.75) is 19.8 Å². The van der Waals surface area contributed by atoms with Crippen LogP contribution >= 0.6 is 11.6 Å². The summed E-state index contributed by atoms with van der Waals surface area (Å²) in [6.07, 6.45) is 6.06. The molecule has 1 unspecified atom stereocenters. The molecule has 0 radical (unpaired) electrons. The van der Waals surface area contributed by atoms with Gasteiger partial charge in [0.05, 0.1) is 0 Å². The number of amides is 2. The number of allylic oxidation sites excluding steroid dienone is 1. The highest BCUT2D eigenvalue weighted by Crippen LogP contribution is 2.14. The van der Waals surface area contributed by atoms with Crippen molar-refractivity contribution in [3.63, 3.8) is 0 Å². The van der Waals surface area contributed by atoms with Crippen LogP contribution in [0.4, 0.5) is 4.79 Å². The zero-order valence-corrected chi connectivity index (χ0v) is 9.96. The molecule has 0 aromatic rings. The molecule has 0 aromatic carbocycles. The fraction of sp³-hybridized carbons (Fsp3) is 0.727. The van der Waals surface area contributed by atoms with Gasteiger partial charge >= 0.3 is 6.03 Å². The Morgan fingerprint density at radius 3 is 3.07 bits per heavy atom. The summed E-state index contributed by atoms with van der Waals surface area (Å²) in [5, 5.41) is 2.85. The van der Waals surface area contributed by atoms with Crippen molar-refractivity contribution in [2.24, 2.45) is 5.92 Å². The van der Waals surface area contributed by atoms with E-state index in [1.165, 1.54) is 6.42 Å². The van der Waals surface area contributed by atoms with E-state index in [1.807, 2.05) is 17.1 Å². The number of hydrogen-bond acceptors (Lipinski definition) is 1. The molecule has 86 valence electrons. The molecule has 1 rings (SSSR count). The molecule has 1 N–H and O–H groups in total. The van der Waals surface area contributed by atoms with Gasteiger partial charge in [-0.15, -0.1) is 11.6 Å². The average molecular weight is 231 g/mol. The van der Waals surface area contributed by atoms with Crippen LogP contribution in [0.5, 0.6) is 0 Å². The molecule has 1 heterocycles. The van der Waals surface area contributed by atoms with Crippen molar-refractivity contribution >= 4 is 17.6 Å². The van der Waals surface area contributed by atoms with Crippen LogP contribution in [0.2, 0.25) is 0 Å². The van der Waals surface area contributed by atoms with Gasteiger partial charge in [-0.05, 0) is 18.8 Å². The summed E-state index contributed by atoms with van der Waals surface area (Å²) in [5.74, 6) is 1.12. The molecule has 0 aromatic heterocycles. The molecule has 15 heavy (non-hydrogen) atoms. The zero-order chi connectivity index (χ0) is 11.1. The van der Waals surface area contributed by atoms with E-state index >= 15 is 0 Å². The summed E-state index contributed by atoms with van der Waals surface area (Å²) in [6.45, 7) is 4.52. The highest BCUT2D eigenvalue weighted by molar-refractivity contribution is 6.18. The van der Waals surface area contributed by atoms with E-state index in [0.717, 1.165) is 19.5 Å². The minimum Gasteiger partial charge on any atom is -0.335 e. The Hall–Kier alpha value is -0.700. The van der Waals surface area contributed by atoms with Crippen molar-refractivity contribution in [2.75, 3.05) is 25.5 Å². The Morgan fingerprint density at radius 1 is 1.60 bits per heavy atom. The van der Waals surface area contributed by atoms with Crippen LogP contribution in [0.15, 0.2) is 12.2 Å². The average Bonchev–Trinajstić information content (AvgIpc) is 2.24. The second-order valence-corrected chi connectivity index (χ2v) is 4.31. The number of hydrogen-bond donors (Lipinski definition) is 1. The maximum Gasteiger partial charge on any atom is 0.317 e. The minimum absolute atomic E-state index is 0.0424. The van der Waals surface area contributed by atoms with Crippen LogP contribution in [0, 0.1) is 5.92 Å². The van der Waals surface area contributed by atoms with Crippen molar-refractivity contribution in [1.29, 1.82) is 0 Å². The van der Waals surface area contributed by atoms with Crippen molar-refractivity contribution in [3.05, 3.63) is 12.2 Å². The normalized spacial score (nSPS) is 22.0. The van der Waals surface area contributed by atoms with E-state index in [-0.39, 0.29) is 6.03 Å². The van der Waals surface area contributed by atoms with Gasteiger partial charge in [-0.2, -0.15) is 0 Å². The number of halogens is 1. The number of likely N-dealkylation sites (tertiary alicyclic amines) is 1. The van der Waals surface area contributed by atoms with Crippen LogP contribution in [-0.2, 0) is 0 Å². The Balaban J connectivity index is 2.24. The van der Waals surface area contributed by atoms with Crippen LogP contribution < -0.4 is 5.32 Å². The first-order valence-electron chi connectivity index (χ1n) is 5.47. The maximum atomic E-state index is 11.7. The van der Waals surface area contributed by atoms with Crippen LogP contribution in [0.1, 0.15) is 19.8 Å². The third-order valence-electron chi connectivity index (χ3n) is 2.57. The number of nitrogens with one attached hydrogen (secondary N) is 1. The molecule has 1 atom stereocenters. The Morgan fingerprint density at radius 2 is 2.40 bits per heavy atom. The van der Waals surface area contributed by atoms with Gasteiger partial charge in [-0.1, -0.05) is 19.1 Å². The van der Waals surface area contributed by atoms with E-state index < -0.39 is 0 Å². The molecule has 1 aliphatic rings. The molecule has 0 spiro atoms. The van der Waals surface area contributed by atoms with Crippen molar-refractivity contribution in [1.82, 2.24) is 10.2 Å². The van der Waals surface area contributed by atoms with E-state index in [9.17, 15) is 4.79 Å². The van der Waals surface area contributed by atoms with Crippen molar-refractivity contribution in [3.8, 4) is 0 Å². The second-order valence-electron chi connectivity index (χ2n) is 4.01. The lowest BCUT2D eigenvalue weighted by atomic mass is 10.0. The second kappa shape index (κ2) is 6.72. The molecular weight excluding hydrogens is 212 g/mol. The highest BCUT2D eigenvalue weighted by atomic mass is 35.5. The van der Waals surface area contributed by atoms with Crippen LogP contribution in [-0.4, -0.2) is 36.4 Å². The fourth-order valence-electron chi connectivity index (χ4n) is 1.78. The third kappa shape index (κ3) is 4.56. The van der Waals surface area contributed by atoms with Gasteiger partial charge in [0.1, 0.15) is 0 Å². The Kier molecular flexibility index (Phi) is 5.54. The quantitative estimate of drug-likeness (QED) is 0.585. The summed E-state index contributed by atoms with van der Waals surface area (Å²) in [7, 11) is 0. The largest absolute Gasteiger partial charge is 0.335 e. The lowest BCUT2D eigenvalue weighted by molar-refractivity contribution is 0.171. The molecule has 1 saturated heterocycles. The number of alkyl halides is 1. The smallest absolute Gasteiger partial charge is 0.317 e. The molecule has 4 heteroatoms. The number of nitrogens with zero attached hydrogens (tertiary/aromatic N) is 1. The predicted octanol–water partition coefficient (Wildman–Crippen LogP) is 2.22. The molecule has 3 nitrogen and oxygen atoms in total. The topological polar surface area (TPSA) is 32.3 Å². The van der Waals surface area contributed by atoms with Gasteiger partial charge in [0.25, 0.3) is 0 Å². The first-order valence-corrected chi connectivity index (χ1v) is 6.01. The first kappa shape index (κ1) is 12.4. The lowest BCUT2D eigenvalue weighted by Gasteiger charge is -2.30. The molecular formula is C11H19ClN2O. The molecule has 0 bridgehead atoms. The van der Waals surface area contributed by atoms with E-state index in [0.29, 0.717) is 18.3 Å². The lowest BCUT2D eigenvalue weighted by Crippen LogP contribution is -2.45.